The highest BCUT2D eigenvalue weighted by Crippen LogP contribution is 2.51. The van der Waals surface area contributed by atoms with Crippen LogP contribution in [-0.4, -0.2) is 24.1 Å². The molecule has 8 aromatic carbocycles. The van der Waals surface area contributed by atoms with E-state index >= 15 is 0 Å². The molecular weight excluding hydrogens is 715 g/mol. The van der Waals surface area contributed by atoms with Gasteiger partial charge in [0, 0.05) is 69.8 Å². The average molecular weight is 746 g/mol. The van der Waals surface area contributed by atoms with Crippen molar-refractivity contribution in [1.29, 1.82) is 0 Å². The van der Waals surface area contributed by atoms with Gasteiger partial charge in [0.1, 0.15) is 0 Å². The molecule has 0 aliphatic heterocycles. The molecule has 5 nitrogen and oxygen atoms in total. The van der Waals surface area contributed by atoms with E-state index in [0.29, 0.717) is 17.5 Å². The highest BCUT2D eigenvalue weighted by atomic mass is 32.1. The summed E-state index contributed by atoms with van der Waals surface area (Å²) in [5.41, 5.74) is 9.75. The third-order valence-corrected chi connectivity index (χ3v) is 12.3. The fourth-order valence-corrected chi connectivity index (χ4v) is 9.98. The minimum absolute atomic E-state index is 0.628. The molecule has 0 fully saturated rings. The van der Waals surface area contributed by atoms with E-state index in [9.17, 15) is 0 Å². The van der Waals surface area contributed by atoms with E-state index in [1.165, 1.54) is 58.3 Å². The summed E-state index contributed by atoms with van der Waals surface area (Å²) in [5, 5.41) is 7.53. The van der Waals surface area contributed by atoms with Gasteiger partial charge in [0.15, 0.2) is 17.5 Å². The molecule has 0 aliphatic rings. The third kappa shape index (κ3) is 4.84. The van der Waals surface area contributed by atoms with Crippen molar-refractivity contribution in [2.24, 2.45) is 0 Å². The van der Waals surface area contributed by atoms with E-state index in [0.717, 1.165) is 33.6 Å². The summed E-state index contributed by atoms with van der Waals surface area (Å²) in [4.78, 5) is 15.2. The van der Waals surface area contributed by atoms with Gasteiger partial charge < -0.3 is 9.13 Å². The van der Waals surface area contributed by atoms with Crippen molar-refractivity contribution in [3.8, 4) is 45.5 Å². The number of hydrogen-bond acceptors (Lipinski definition) is 4. The van der Waals surface area contributed by atoms with Crippen LogP contribution >= 0.6 is 11.3 Å². The molecule has 0 saturated heterocycles. The van der Waals surface area contributed by atoms with Crippen LogP contribution < -0.4 is 0 Å². The molecule has 57 heavy (non-hydrogen) atoms. The molecule has 4 aromatic heterocycles. The second-order valence-electron chi connectivity index (χ2n) is 14.4. The molecule has 0 radical (unpaired) electrons. The molecule has 266 valence electrons. The number of benzene rings is 8. The Labute approximate surface area is 331 Å². The minimum Gasteiger partial charge on any atom is -0.308 e. The van der Waals surface area contributed by atoms with Crippen LogP contribution in [0.3, 0.4) is 0 Å². The lowest BCUT2D eigenvalue weighted by Crippen LogP contribution is -2.01. The number of rotatable bonds is 5. The van der Waals surface area contributed by atoms with Gasteiger partial charge in [-0.3, -0.25) is 0 Å². The molecule has 0 aliphatic carbocycles. The van der Waals surface area contributed by atoms with Crippen molar-refractivity contribution in [3.05, 3.63) is 188 Å². The fourth-order valence-electron chi connectivity index (χ4n) is 8.71. The highest BCUT2D eigenvalue weighted by Gasteiger charge is 2.27. The number of aromatic nitrogens is 5. The van der Waals surface area contributed by atoms with Crippen LogP contribution in [0.25, 0.3) is 109 Å². The van der Waals surface area contributed by atoms with E-state index in [2.05, 4.69) is 137 Å². The average Bonchev–Trinajstić information content (AvgIpc) is 3.95. The van der Waals surface area contributed by atoms with Crippen LogP contribution in [0, 0.1) is 0 Å². The summed E-state index contributed by atoms with van der Waals surface area (Å²) >= 11 is 1.89. The van der Waals surface area contributed by atoms with Gasteiger partial charge in [0.05, 0.1) is 22.1 Å². The first-order valence-corrected chi connectivity index (χ1v) is 19.9. The number of nitrogens with zero attached hydrogens (tertiary/aromatic N) is 5. The maximum atomic E-state index is 5.11. The highest BCUT2D eigenvalue weighted by molar-refractivity contribution is 7.27. The molecule has 0 spiro atoms. The zero-order valence-electron chi connectivity index (χ0n) is 30.5. The zero-order chi connectivity index (χ0) is 37.5. The molecule has 4 heterocycles. The largest absolute Gasteiger partial charge is 0.308 e. The van der Waals surface area contributed by atoms with E-state index < -0.39 is 0 Å². The molecule has 0 bridgehead atoms. The van der Waals surface area contributed by atoms with Crippen molar-refractivity contribution in [1.82, 2.24) is 24.1 Å². The Morgan fingerprint density at radius 3 is 1.42 bits per heavy atom. The molecule has 6 heteroatoms. The van der Waals surface area contributed by atoms with Gasteiger partial charge in [-0.05, 0) is 42.5 Å². The lowest BCUT2D eigenvalue weighted by atomic mass is 10.0. The number of fused-ring (bicyclic) bond motifs is 12. The number of thiophene rings is 1. The van der Waals surface area contributed by atoms with Crippen LogP contribution in [0.15, 0.2) is 188 Å². The van der Waals surface area contributed by atoms with Crippen LogP contribution in [0.1, 0.15) is 0 Å². The van der Waals surface area contributed by atoms with Crippen molar-refractivity contribution in [2.45, 2.75) is 0 Å². The predicted molar refractivity (Wildman–Crippen MR) is 238 cm³/mol. The summed E-state index contributed by atoms with van der Waals surface area (Å²) in [5.74, 6) is 1.91. The quantitative estimate of drug-likeness (QED) is 0.176. The first kappa shape index (κ1) is 31.9. The molecule has 12 aromatic rings. The molecule has 0 N–H and O–H groups in total. The van der Waals surface area contributed by atoms with Crippen LogP contribution in [-0.2, 0) is 0 Å². The van der Waals surface area contributed by atoms with Gasteiger partial charge in [-0.2, -0.15) is 0 Å². The van der Waals surface area contributed by atoms with Gasteiger partial charge in [0.2, 0.25) is 0 Å². The predicted octanol–water partition coefficient (Wildman–Crippen LogP) is 13.4. The van der Waals surface area contributed by atoms with E-state index in [1.54, 1.807) is 0 Å². The minimum atomic E-state index is 0.628. The van der Waals surface area contributed by atoms with Gasteiger partial charge in [-0.15, -0.1) is 11.3 Å². The Morgan fingerprint density at radius 2 is 0.789 bits per heavy atom. The van der Waals surface area contributed by atoms with Crippen LogP contribution in [0.5, 0.6) is 0 Å². The van der Waals surface area contributed by atoms with Gasteiger partial charge >= 0.3 is 0 Å². The molecule has 0 unspecified atom stereocenters. The Balaban J connectivity index is 1.22. The normalized spacial score (nSPS) is 11.9. The zero-order valence-corrected chi connectivity index (χ0v) is 31.4. The van der Waals surface area contributed by atoms with E-state index in [1.807, 2.05) is 72.0 Å². The van der Waals surface area contributed by atoms with Crippen molar-refractivity contribution in [3.63, 3.8) is 0 Å². The monoisotopic (exact) mass is 745 g/mol. The van der Waals surface area contributed by atoms with Crippen molar-refractivity contribution >= 4 is 75.1 Å². The molecule has 0 amide bonds. The topological polar surface area (TPSA) is 48.5 Å². The molecule has 12 rings (SSSR count). The summed E-state index contributed by atoms with van der Waals surface area (Å²) in [6.45, 7) is 0. The Kier molecular flexibility index (Phi) is 7.03. The molecular formula is C51H31N5S. The van der Waals surface area contributed by atoms with Crippen LogP contribution in [0.4, 0.5) is 0 Å². The Hall–Kier alpha value is -7.41. The second kappa shape index (κ2) is 12.6. The molecule has 0 atom stereocenters. The maximum Gasteiger partial charge on any atom is 0.164 e. The van der Waals surface area contributed by atoms with Crippen molar-refractivity contribution < 1.29 is 0 Å². The molecule has 0 saturated carbocycles. The summed E-state index contributed by atoms with van der Waals surface area (Å²) in [6.07, 6.45) is 0. The maximum absolute atomic E-state index is 5.11. The summed E-state index contributed by atoms with van der Waals surface area (Å²) in [7, 11) is 0. The first-order valence-electron chi connectivity index (χ1n) is 19.1. The van der Waals surface area contributed by atoms with E-state index in [4.69, 9.17) is 15.0 Å². The smallest absolute Gasteiger partial charge is 0.164 e. The van der Waals surface area contributed by atoms with Crippen LogP contribution in [0.2, 0.25) is 0 Å². The lowest BCUT2D eigenvalue weighted by Gasteiger charge is -2.13. The van der Waals surface area contributed by atoms with Crippen molar-refractivity contribution in [2.75, 3.05) is 0 Å². The third-order valence-electron chi connectivity index (χ3n) is 11.1. The number of para-hydroxylation sites is 3. The Bertz CT molecular complexity index is 3450. The first-order chi connectivity index (χ1) is 28.3. The lowest BCUT2D eigenvalue weighted by molar-refractivity contribution is 1.07. The van der Waals surface area contributed by atoms with Gasteiger partial charge in [0.25, 0.3) is 0 Å². The second-order valence-corrected chi connectivity index (χ2v) is 15.4. The summed E-state index contributed by atoms with van der Waals surface area (Å²) < 4.78 is 7.52. The van der Waals surface area contributed by atoms with Gasteiger partial charge in [-0.1, -0.05) is 146 Å². The van der Waals surface area contributed by atoms with E-state index in [-0.39, 0.29) is 0 Å². The fraction of sp³-hybridized carbons (Fsp3) is 0. The SMILES string of the molecule is c1ccc(-c2nc(-c3ccccc3)nc(-c3cccc(-n4c5ccccc5c5c6c(c7ccccc7n6-c6ccccc6)c6sc7ccccc7c6c54)c3)n2)cc1. The summed E-state index contributed by atoms with van der Waals surface area (Å²) in [6, 6.07) is 66.4. The Morgan fingerprint density at radius 1 is 0.351 bits per heavy atom. The number of hydrogen-bond donors (Lipinski definition) is 0. The van der Waals surface area contributed by atoms with Gasteiger partial charge in [-0.25, -0.2) is 15.0 Å². The standard InChI is InChI=1S/C51H31N5S/c1-4-17-32(18-5-1)49-52-50(33-19-6-2-7-20-33)54-51(53-49)34-21-16-24-36(31-34)56-40-28-13-10-25-37(40)43-46-44(48-45(47(43)56)39-27-12-15-30-42(39)57-48)38-26-11-14-29-41(38)55(46)35-22-8-3-9-23-35/h1-31H.